The highest BCUT2D eigenvalue weighted by molar-refractivity contribution is 6.31. The van der Waals surface area contributed by atoms with E-state index in [1.807, 2.05) is 30.3 Å². The molecule has 0 bridgehead atoms. The Morgan fingerprint density at radius 3 is 2.41 bits per heavy atom. The Kier molecular flexibility index (Phi) is 10.4. The van der Waals surface area contributed by atoms with E-state index >= 15 is 0 Å². The summed E-state index contributed by atoms with van der Waals surface area (Å²) in [5.74, 6) is -0.0888. The number of carbonyl (C=O) groups excluding carboxylic acids is 2. The van der Waals surface area contributed by atoms with E-state index in [1.54, 1.807) is 43.2 Å². The van der Waals surface area contributed by atoms with Crippen molar-refractivity contribution < 1.29 is 24.5 Å². The number of phenolic OH excluding ortho intramolecular Hbond substituents is 2. The Balaban J connectivity index is 1.14. The number of ether oxygens (including phenoxy) is 1. The maximum Gasteiger partial charge on any atom is 0.253 e. The number of nitrogens with zero attached hydrogens (tertiary/aromatic N) is 3. The summed E-state index contributed by atoms with van der Waals surface area (Å²) < 4.78 is 5.50. The van der Waals surface area contributed by atoms with Crippen LogP contribution < -0.4 is 15.0 Å². The molecular weight excluding hydrogens is 668 g/mol. The van der Waals surface area contributed by atoms with Crippen LogP contribution in [0, 0.1) is 10.8 Å². The summed E-state index contributed by atoms with van der Waals surface area (Å²) in [6.07, 6.45) is 1.43. The number of piperidine rings is 1. The highest BCUT2D eigenvalue weighted by Gasteiger charge is 2.32. The van der Waals surface area contributed by atoms with Crippen LogP contribution in [0.4, 0.5) is 5.69 Å². The lowest BCUT2D eigenvalue weighted by Crippen LogP contribution is -2.42. The van der Waals surface area contributed by atoms with E-state index < -0.39 is 6.04 Å². The highest BCUT2D eigenvalue weighted by Crippen LogP contribution is 2.34. The van der Waals surface area contributed by atoms with Crippen LogP contribution in [-0.2, 0) is 11.3 Å². The minimum absolute atomic E-state index is 0.0158. The molecule has 0 spiro atoms. The van der Waals surface area contributed by atoms with Gasteiger partial charge in [0.1, 0.15) is 23.5 Å². The van der Waals surface area contributed by atoms with Gasteiger partial charge >= 0.3 is 0 Å². The van der Waals surface area contributed by atoms with Gasteiger partial charge in [-0.3, -0.25) is 30.3 Å². The lowest BCUT2D eigenvalue weighted by molar-refractivity contribution is -0.121. The van der Waals surface area contributed by atoms with Crippen LogP contribution in [0.3, 0.4) is 0 Å². The van der Waals surface area contributed by atoms with Gasteiger partial charge < -0.3 is 25.2 Å². The zero-order valence-electron chi connectivity index (χ0n) is 28.3. The normalized spacial score (nSPS) is 16.2. The van der Waals surface area contributed by atoms with Crippen molar-refractivity contribution in [3.63, 3.8) is 0 Å². The van der Waals surface area contributed by atoms with Crippen LogP contribution >= 0.6 is 11.6 Å². The minimum Gasteiger partial charge on any atom is -0.504 e. The lowest BCUT2D eigenvalue weighted by Gasteiger charge is -2.32. The fourth-order valence-corrected chi connectivity index (χ4v) is 6.72. The average Bonchev–Trinajstić information content (AvgIpc) is 3.25. The lowest BCUT2D eigenvalue weighted by atomic mass is 9.88. The van der Waals surface area contributed by atoms with Gasteiger partial charge in [0.15, 0.2) is 11.5 Å². The largest absolute Gasteiger partial charge is 0.504 e. The van der Waals surface area contributed by atoms with Crippen LogP contribution in [0.25, 0.3) is 0 Å². The highest BCUT2D eigenvalue weighted by atomic mass is 35.5. The van der Waals surface area contributed by atoms with Gasteiger partial charge in [0.2, 0.25) is 5.91 Å². The smallest absolute Gasteiger partial charge is 0.253 e. The number of anilines is 1. The number of rotatable bonds is 8. The van der Waals surface area contributed by atoms with Crippen molar-refractivity contribution in [1.29, 1.82) is 10.8 Å². The zero-order chi connectivity index (χ0) is 36.2. The molecule has 6 rings (SSSR count). The predicted molar refractivity (Wildman–Crippen MR) is 198 cm³/mol. The van der Waals surface area contributed by atoms with E-state index in [0.717, 1.165) is 29.5 Å². The molecule has 12 heteroatoms. The molecule has 262 valence electrons. The number of benzodiazepines with no additional fused rings is 1. The summed E-state index contributed by atoms with van der Waals surface area (Å²) in [5, 5.41) is 40.6. The molecule has 51 heavy (non-hydrogen) atoms. The number of aromatic hydroxyl groups is 2. The van der Waals surface area contributed by atoms with Gasteiger partial charge in [0.25, 0.3) is 5.91 Å². The fourth-order valence-electron chi connectivity index (χ4n) is 6.59. The molecular formula is C39H39ClN6O5. The number of nitrogens with one attached hydrogen (secondary N) is 3. The average molecular weight is 707 g/mol. The summed E-state index contributed by atoms with van der Waals surface area (Å²) in [4.78, 5) is 34.7. The number of methoxy groups -OCH3 is 1. The number of amides is 2. The van der Waals surface area contributed by atoms with E-state index in [0.29, 0.717) is 46.4 Å². The van der Waals surface area contributed by atoms with Crippen LogP contribution in [0.15, 0.2) is 89.9 Å². The molecule has 4 aromatic carbocycles. The Hall–Kier alpha value is -5.68. The van der Waals surface area contributed by atoms with E-state index in [1.165, 1.54) is 23.1 Å². The Morgan fingerprint density at radius 1 is 0.980 bits per heavy atom. The van der Waals surface area contributed by atoms with Crippen LogP contribution in [0.2, 0.25) is 5.02 Å². The van der Waals surface area contributed by atoms with Gasteiger partial charge in [-0.25, -0.2) is 0 Å². The topological polar surface area (TPSA) is 162 Å². The van der Waals surface area contributed by atoms with E-state index in [9.17, 15) is 19.8 Å². The Morgan fingerprint density at radius 2 is 1.73 bits per heavy atom. The number of benzene rings is 4. The van der Waals surface area contributed by atoms with Crippen LogP contribution in [0.5, 0.6) is 17.2 Å². The fraction of sp³-hybridized carbons (Fsp3) is 0.256. The van der Waals surface area contributed by atoms with Crippen molar-refractivity contribution >= 4 is 46.5 Å². The molecule has 1 saturated heterocycles. The molecule has 2 aliphatic rings. The summed E-state index contributed by atoms with van der Waals surface area (Å²) in [6, 6.07) is 23.9. The van der Waals surface area contributed by atoms with Gasteiger partial charge in [0.05, 0.1) is 24.9 Å². The maximum atomic E-state index is 13.5. The van der Waals surface area contributed by atoms with Gasteiger partial charge in [-0.2, -0.15) is 0 Å². The molecule has 1 fully saturated rings. The molecule has 0 aromatic heterocycles. The zero-order valence-corrected chi connectivity index (χ0v) is 29.1. The van der Waals surface area contributed by atoms with Crippen LogP contribution in [-0.4, -0.2) is 70.6 Å². The first-order valence-corrected chi connectivity index (χ1v) is 17.0. The van der Waals surface area contributed by atoms with Crippen LogP contribution in [0.1, 0.15) is 64.7 Å². The second-order valence-corrected chi connectivity index (χ2v) is 13.1. The first kappa shape index (κ1) is 35.2. The summed E-state index contributed by atoms with van der Waals surface area (Å²) in [7, 11) is 1.57. The molecule has 2 aliphatic heterocycles. The molecule has 5 N–H and O–H groups in total. The number of phenols is 2. The van der Waals surface area contributed by atoms with E-state index in [4.69, 9.17) is 32.1 Å². The third kappa shape index (κ3) is 7.73. The van der Waals surface area contributed by atoms with Crippen molar-refractivity contribution in [3.05, 3.63) is 118 Å². The molecule has 0 radical (unpaired) electrons. The van der Waals surface area contributed by atoms with Crippen molar-refractivity contribution in [2.45, 2.75) is 44.7 Å². The number of carbonyl (C=O) groups is 2. The van der Waals surface area contributed by atoms with Gasteiger partial charge in [0, 0.05) is 41.3 Å². The standard InChI is InChI=1S/C39H39ClN6O5/c1-23(41)46-33-12-11-30(51-2)20-31(33)37(26-6-9-29(40)10-7-26)44-32(38(46)42)21-36(49)43-22-24-4-3-5-27(18-24)25-14-16-45(17-15-25)39(50)28-8-13-34(47)35(48)19-28/h3-13,18-20,25,32,41-42,47-48H,14-17,21-22H2,1-2H3,(H,43,49). The number of likely N-dealkylation sites (tertiary alicyclic amines) is 1. The number of hydrogen-bond acceptors (Lipinski definition) is 8. The predicted octanol–water partition coefficient (Wildman–Crippen LogP) is 6.49. The Labute approximate surface area is 301 Å². The third-order valence-electron chi connectivity index (χ3n) is 9.29. The molecule has 0 aliphatic carbocycles. The molecule has 1 unspecified atom stereocenters. The maximum absolute atomic E-state index is 13.5. The van der Waals surface area contributed by atoms with Gasteiger partial charge in [-0.1, -0.05) is 48.0 Å². The number of fused-ring (bicyclic) bond motifs is 1. The molecule has 11 nitrogen and oxygen atoms in total. The minimum atomic E-state index is -0.876. The SMILES string of the molecule is COc1ccc2c(c1)C(c1ccc(Cl)cc1)=NC(CC(=O)NCc1cccc(C3CCN(C(=O)c4ccc(O)c(O)c4)CC3)c1)C(=N)N2C(C)=N. The number of halogens is 1. The van der Waals surface area contributed by atoms with Crippen molar-refractivity contribution in [2.24, 2.45) is 4.99 Å². The van der Waals surface area contributed by atoms with E-state index in [2.05, 4.69) is 17.4 Å². The second kappa shape index (κ2) is 15.1. The first-order valence-electron chi connectivity index (χ1n) is 16.6. The molecule has 2 heterocycles. The molecule has 2 amide bonds. The number of aliphatic imine (C=N–C) groups is 1. The monoisotopic (exact) mass is 706 g/mol. The summed E-state index contributed by atoms with van der Waals surface area (Å²) in [5.41, 5.74) is 4.97. The Bertz CT molecular complexity index is 2020. The van der Waals surface area contributed by atoms with E-state index in [-0.39, 0.29) is 53.9 Å². The van der Waals surface area contributed by atoms with Gasteiger partial charge in [-0.05, 0) is 85.3 Å². The van der Waals surface area contributed by atoms with Crippen molar-refractivity contribution in [2.75, 3.05) is 25.1 Å². The van der Waals surface area contributed by atoms with Gasteiger partial charge in [-0.15, -0.1) is 0 Å². The molecule has 0 saturated carbocycles. The summed E-state index contributed by atoms with van der Waals surface area (Å²) >= 11 is 6.19. The number of hydrogen-bond donors (Lipinski definition) is 5. The second-order valence-electron chi connectivity index (χ2n) is 12.7. The summed E-state index contributed by atoms with van der Waals surface area (Å²) in [6.45, 7) is 3.00. The third-order valence-corrected chi connectivity index (χ3v) is 9.54. The van der Waals surface area contributed by atoms with Crippen molar-refractivity contribution in [1.82, 2.24) is 10.2 Å². The quantitative estimate of drug-likeness (QED) is 0.0800. The molecule has 4 aromatic rings. The number of amidine groups is 2. The van der Waals surface area contributed by atoms with Crippen molar-refractivity contribution in [3.8, 4) is 17.2 Å². The molecule has 1 atom stereocenters. The first-order chi connectivity index (χ1) is 24.5.